The molecule has 0 radical (unpaired) electrons. The minimum atomic E-state index is 0.652. The Balaban J connectivity index is 2.54. The van der Waals surface area contributed by atoms with E-state index in [1.807, 2.05) is 20.0 Å². The third kappa shape index (κ3) is 3.17. The molecular weight excluding hydrogens is 353 g/mol. The average molecular weight is 369 g/mol. The van der Waals surface area contributed by atoms with Crippen molar-refractivity contribution >= 4 is 28.4 Å². The van der Waals surface area contributed by atoms with Gasteiger partial charge in [-0.1, -0.05) is 13.3 Å². The van der Waals surface area contributed by atoms with Crippen molar-refractivity contribution in [2.75, 3.05) is 12.4 Å². The van der Waals surface area contributed by atoms with Crippen LogP contribution in [0, 0.1) is 10.5 Å². The molecule has 0 aromatic carbocycles. The molecule has 0 amide bonds. The van der Waals surface area contributed by atoms with Crippen LogP contribution in [0.4, 0.5) is 5.82 Å². The van der Waals surface area contributed by atoms with Gasteiger partial charge in [0.1, 0.15) is 17.3 Å². The Bertz CT molecular complexity index is 585. The lowest BCUT2D eigenvalue weighted by Gasteiger charge is -2.10. The lowest BCUT2D eigenvalue weighted by atomic mass is 10.2. The highest BCUT2D eigenvalue weighted by atomic mass is 127. The Morgan fingerprint density at radius 2 is 2.05 bits per heavy atom. The maximum Gasteiger partial charge on any atom is 0.180 e. The van der Waals surface area contributed by atoms with Gasteiger partial charge in [0.2, 0.25) is 0 Å². The van der Waals surface area contributed by atoms with E-state index in [2.05, 4.69) is 54.8 Å². The molecule has 2 heterocycles. The molecule has 2 rings (SSSR count). The van der Waals surface area contributed by atoms with Crippen molar-refractivity contribution in [1.29, 1.82) is 0 Å². The summed E-state index contributed by atoms with van der Waals surface area (Å²) < 4.78 is 1.08. The van der Waals surface area contributed by atoms with E-state index in [0.29, 0.717) is 5.82 Å². The van der Waals surface area contributed by atoms with Gasteiger partial charge < -0.3 is 5.32 Å². The summed E-state index contributed by atoms with van der Waals surface area (Å²) >= 11 is 2.29. The first-order valence-electron chi connectivity index (χ1n) is 6.20. The molecule has 0 saturated heterocycles. The first-order chi connectivity index (χ1) is 9.15. The molecule has 0 atom stereocenters. The molecule has 6 heteroatoms. The first-order valence-corrected chi connectivity index (χ1v) is 7.27. The van der Waals surface area contributed by atoms with Crippen molar-refractivity contribution in [3.63, 3.8) is 0 Å². The second-order valence-electron chi connectivity index (χ2n) is 4.15. The minimum absolute atomic E-state index is 0.652. The maximum absolute atomic E-state index is 4.63. The topological polar surface area (TPSA) is 63.6 Å². The Kier molecular flexibility index (Phi) is 4.62. The van der Waals surface area contributed by atoms with Crippen LogP contribution in [-0.4, -0.2) is 27.0 Å². The Labute approximate surface area is 126 Å². The summed E-state index contributed by atoms with van der Waals surface area (Å²) in [5.41, 5.74) is 1.83. The minimum Gasteiger partial charge on any atom is -0.372 e. The predicted octanol–water partition coefficient (Wildman–Crippen LogP) is 2.84. The van der Waals surface area contributed by atoms with Crippen LogP contribution in [0.5, 0.6) is 0 Å². The summed E-state index contributed by atoms with van der Waals surface area (Å²) in [6.07, 6.45) is 3.72. The first kappa shape index (κ1) is 14.1. The van der Waals surface area contributed by atoms with Gasteiger partial charge in [0.05, 0.1) is 9.26 Å². The van der Waals surface area contributed by atoms with E-state index in [-0.39, 0.29) is 0 Å². The summed E-state index contributed by atoms with van der Waals surface area (Å²) in [7, 11) is 1.87. The van der Waals surface area contributed by atoms with Crippen LogP contribution >= 0.6 is 22.6 Å². The molecule has 1 N–H and O–H groups in total. The highest BCUT2D eigenvalue weighted by Crippen LogP contribution is 2.23. The van der Waals surface area contributed by atoms with E-state index in [9.17, 15) is 0 Å². The van der Waals surface area contributed by atoms with Gasteiger partial charge in [0.25, 0.3) is 0 Å². The van der Waals surface area contributed by atoms with E-state index < -0.39 is 0 Å². The Morgan fingerprint density at radius 1 is 1.26 bits per heavy atom. The molecule has 5 nitrogen and oxygen atoms in total. The molecule has 0 unspecified atom stereocenters. The van der Waals surface area contributed by atoms with Gasteiger partial charge in [-0.15, -0.1) is 0 Å². The van der Waals surface area contributed by atoms with Crippen molar-refractivity contribution in [2.24, 2.45) is 0 Å². The summed E-state index contributed by atoms with van der Waals surface area (Å²) in [5.74, 6) is 2.23. The largest absolute Gasteiger partial charge is 0.372 e. The highest BCUT2D eigenvalue weighted by molar-refractivity contribution is 14.1. The molecule has 2 aromatic rings. The normalized spacial score (nSPS) is 10.5. The number of halogens is 1. The monoisotopic (exact) mass is 369 g/mol. The van der Waals surface area contributed by atoms with Gasteiger partial charge in [-0.05, 0) is 42.0 Å². The molecule has 100 valence electrons. The summed E-state index contributed by atoms with van der Waals surface area (Å²) in [6, 6.07) is 1.84. The quantitative estimate of drug-likeness (QED) is 0.840. The van der Waals surface area contributed by atoms with Crippen molar-refractivity contribution in [2.45, 2.75) is 26.7 Å². The van der Waals surface area contributed by atoms with Crippen LogP contribution in [-0.2, 0) is 6.42 Å². The van der Waals surface area contributed by atoms with Crippen LogP contribution < -0.4 is 5.32 Å². The van der Waals surface area contributed by atoms with E-state index >= 15 is 0 Å². The molecule has 0 aliphatic rings. The van der Waals surface area contributed by atoms with Gasteiger partial charge in [0, 0.05) is 13.2 Å². The van der Waals surface area contributed by atoms with Crippen molar-refractivity contribution in [3.8, 4) is 11.5 Å². The number of anilines is 1. The van der Waals surface area contributed by atoms with Crippen molar-refractivity contribution in [1.82, 2.24) is 19.9 Å². The van der Waals surface area contributed by atoms with E-state index in [1.54, 1.807) is 6.20 Å². The third-order valence-electron chi connectivity index (χ3n) is 2.65. The van der Waals surface area contributed by atoms with Gasteiger partial charge in [-0.3, -0.25) is 0 Å². The lowest BCUT2D eigenvalue weighted by molar-refractivity contribution is 0.865. The van der Waals surface area contributed by atoms with E-state index in [4.69, 9.17) is 0 Å². The molecule has 0 fully saturated rings. The van der Waals surface area contributed by atoms with Gasteiger partial charge in [-0.25, -0.2) is 19.9 Å². The summed E-state index contributed by atoms with van der Waals surface area (Å²) in [4.78, 5) is 17.6. The van der Waals surface area contributed by atoms with Crippen LogP contribution in [0.25, 0.3) is 11.5 Å². The smallest absolute Gasteiger partial charge is 0.180 e. The number of hydrogen-bond donors (Lipinski definition) is 1. The number of nitrogens with one attached hydrogen (secondary N) is 1. The van der Waals surface area contributed by atoms with Crippen LogP contribution in [0.3, 0.4) is 0 Å². The van der Waals surface area contributed by atoms with Crippen LogP contribution in [0.1, 0.15) is 24.9 Å². The second kappa shape index (κ2) is 6.23. The maximum atomic E-state index is 4.63. The highest BCUT2D eigenvalue weighted by Gasteiger charge is 2.13. The molecule has 0 aliphatic heterocycles. The standard InChI is InChI=1S/C13H16IN5/c1-4-5-9-11(14)13(15-3)19-12(18-9)10-6-7-16-8(2)17-10/h6-7H,4-5H2,1-3H3,(H,15,18,19). The zero-order chi connectivity index (χ0) is 13.8. The SMILES string of the molecule is CCCc1nc(-c2ccnc(C)n2)nc(NC)c1I. The van der Waals surface area contributed by atoms with Crippen LogP contribution in [0.2, 0.25) is 0 Å². The number of rotatable bonds is 4. The van der Waals surface area contributed by atoms with E-state index in [1.165, 1.54) is 0 Å². The van der Waals surface area contributed by atoms with Gasteiger partial charge >= 0.3 is 0 Å². The van der Waals surface area contributed by atoms with Crippen molar-refractivity contribution in [3.05, 3.63) is 27.4 Å². The van der Waals surface area contributed by atoms with E-state index in [0.717, 1.165) is 39.4 Å². The van der Waals surface area contributed by atoms with Gasteiger partial charge in [0.15, 0.2) is 5.82 Å². The zero-order valence-corrected chi connectivity index (χ0v) is 13.4. The third-order valence-corrected chi connectivity index (χ3v) is 3.78. The summed E-state index contributed by atoms with van der Waals surface area (Å²) in [5, 5.41) is 3.12. The molecule has 0 bridgehead atoms. The molecule has 0 saturated carbocycles. The molecule has 0 spiro atoms. The number of nitrogens with zero attached hydrogens (tertiary/aromatic N) is 4. The fourth-order valence-corrected chi connectivity index (χ4v) is 2.54. The fraction of sp³-hybridized carbons (Fsp3) is 0.385. The second-order valence-corrected chi connectivity index (χ2v) is 5.22. The predicted molar refractivity (Wildman–Crippen MR) is 84.1 cm³/mol. The summed E-state index contributed by atoms with van der Waals surface area (Å²) in [6.45, 7) is 4.01. The van der Waals surface area contributed by atoms with Crippen LogP contribution in [0.15, 0.2) is 12.3 Å². The Hall–Kier alpha value is -1.31. The number of hydrogen-bond acceptors (Lipinski definition) is 5. The number of aryl methyl sites for hydroxylation is 2. The fourth-order valence-electron chi connectivity index (χ4n) is 1.76. The molecular formula is C13H16IN5. The lowest BCUT2D eigenvalue weighted by Crippen LogP contribution is -2.06. The zero-order valence-electron chi connectivity index (χ0n) is 11.2. The molecule has 2 aromatic heterocycles. The molecule has 0 aliphatic carbocycles. The van der Waals surface area contributed by atoms with Gasteiger partial charge in [-0.2, -0.15) is 0 Å². The molecule has 19 heavy (non-hydrogen) atoms. The number of aromatic nitrogens is 4. The average Bonchev–Trinajstić information content (AvgIpc) is 2.41. The van der Waals surface area contributed by atoms with Crippen molar-refractivity contribution < 1.29 is 0 Å². The Morgan fingerprint density at radius 3 is 2.68 bits per heavy atom.